The summed E-state index contributed by atoms with van der Waals surface area (Å²) in [6.07, 6.45) is 2.33. The Kier molecular flexibility index (Phi) is 5.62. The van der Waals surface area contributed by atoms with E-state index in [4.69, 9.17) is 11.6 Å². The number of thiophene rings is 1. The monoisotopic (exact) mass is 413 g/mol. The van der Waals surface area contributed by atoms with E-state index in [9.17, 15) is 10.0 Å². The van der Waals surface area contributed by atoms with Crippen LogP contribution in [0.3, 0.4) is 0 Å². The summed E-state index contributed by atoms with van der Waals surface area (Å²) in [5.41, 5.74) is 2.53. The summed E-state index contributed by atoms with van der Waals surface area (Å²) >= 11 is 7.86. The van der Waals surface area contributed by atoms with Crippen molar-refractivity contribution in [2.45, 2.75) is 19.0 Å². The van der Waals surface area contributed by atoms with Crippen LogP contribution in [0.4, 0.5) is 0 Å². The molecule has 1 unspecified atom stereocenters. The minimum Gasteiger partial charge on any atom is -0.618 e. The smallest absolute Gasteiger partial charge is 0.317 e. The first-order valence-electron chi connectivity index (χ1n) is 9.13. The molecule has 0 radical (unpaired) electrons. The van der Waals surface area contributed by atoms with Crippen molar-refractivity contribution in [1.82, 2.24) is 10.2 Å². The molecular weight excluding hydrogens is 394 g/mol. The normalized spacial score (nSPS) is 15.0. The van der Waals surface area contributed by atoms with Crippen LogP contribution in [-0.4, -0.2) is 23.9 Å². The lowest BCUT2D eigenvalue weighted by Gasteiger charge is -2.35. The van der Waals surface area contributed by atoms with Gasteiger partial charge in [0.05, 0.1) is 6.04 Å². The minimum absolute atomic E-state index is 0.00178. The van der Waals surface area contributed by atoms with Crippen LogP contribution in [0.25, 0.3) is 0 Å². The third-order valence-electron chi connectivity index (χ3n) is 5.05. The van der Waals surface area contributed by atoms with Crippen LogP contribution >= 0.6 is 22.9 Å². The van der Waals surface area contributed by atoms with Gasteiger partial charge in [0.1, 0.15) is 0 Å². The molecular formula is C21H20ClN3O2S. The van der Waals surface area contributed by atoms with Gasteiger partial charge < -0.3 is 10.5 Å². The standard InChI is InChI=1S/C21H20ClN3O2S/c22-17-6-4-15(5-7-17)19(24-11-8-20-16(14-24)9-12-28-20)13-23-21(26)18-3-1-2-10-25(18)27/h1-7,9-10,12,19H,8,11,13-14H2,(H,23,26). The van der Waals surface area contributed by atoms with Crippen molar-refractivity contribution >= 4 is 28.8 Å². The molecule has 3 heterocycles. The van der Waals surface area contributed by atoms with Crippen LogP contribution in [0, 0.1) is 5.21 Å². The molecule has 1 N–H and O–H groups in total. The van der Waals surface area contributed by atoms with E-state index in [1.807, 2.05) is 24.3 Å². The Morgan fingerprint density at radius 1 is 1.25 bits per heavy atom. The number of carbonyl (C=O) groups is 1. The summed E-state index contributed by atoms with van der Waals surface area (Å²) < 4.78 is 0.588. The van der Waals surface area contributed by atoms with Crippen LogP contribution in [0.15, 0.2) is 60.1 Å². The number of hydrogen-bond acceptors (Lipinski definition) is 4. The highest BCUT2D eigenvalue weighted by atomic mass is 35.5. The lowest BCUT2D eigenvalue weighted by molar-refractivity contribution is -0.607. The Balaban J connectivity index is 1.54. The number of amides is 1. The van der Waals surface area contributed by atoms with Gasteiger partial charge in [-0.05, 0) is 47.2 Å². The Morgan fingerprint density at radius 2 is 2.07 bits per heavy atom. The number of halogens is 1. The first-order chi connectivity index (χ1) is 13.6. The Hall–Kier alpha value is -2.41. The second kappa shape index (κ2) is 8.31. The molecule has 7 heteroatoms. The molecule has 1 aliphatic heterocycles. The molecule has 2 aromatic heterocycles. The number of rotatable bonds is 5. The van der Waals surface area contributed by atoms with Gasteiger partial charge in [-0.3, -0.25) is 9.69 Å². The fourth-order valence-electron chi connectivity index (χ4n) is 3.56. The van der Waals surface area contributed by atoms with Gasteiger partial charge in [0.25, 0.3) is 5.69 Å². The molecule has 144 valence electrons. The minimum atomic E-state index is -0.372. The number of hydrogen-bond donors (Lipinski definition) is 1. The van der Waals surface area contributed by atoms with Crippen LogP contribution in [0.1, 0.15) is 32.5 Å². The number of nitrogens with zero attached hydrogens (tertiary/aromatic N) is 2. The molecule has 0 bridgehead atoms. The van der Waals surface area contributed by atoms with E-state index < -0.39 is 0 Å². The summed E-state index contributed by atoms with van der Waals surface area (Å²) in [7, 11) is 0. The van der Waals surface area contributed by atoms with Crippen molar-refractivity contribution in [2.24, 2.45) is 0 Å². The number of aromatic nitrogens is 1. The van der Waals surface area contributed by atoms with E-state index in [0.717, 1.165) is 25.1 Å². The molecule has 0 aliphatic carbocycles. The van der Waals surface area contributed by atoms with Crippen LogP contribution in [0.5, 0.6) is 0 Å². The highest BCUT2D eigenvalue weighted by Crippen LogP contribution is 2.30. The number of pyridine rings is 1. The molecule has 5 nitrogen and oxygen atoms in total. The highest BCUT2D eigenvalue weighted by Gasteiger charge is 2.27. The van der Waals surface area contributed by atoms with Crippen molar-refractivity contribution in [3.63, 3.8) is 0 Å². The van der Waals surface area contributed by atoms with Gasteiger partial charge in [0.15, 0.2) is 6.20 Å². The van der Waals surface area contributed by atoms with E-state index in [1.54, 1.807) is 23.5 Å². The summed E-state index contributed by atoms with van der Waals surface area (Å²) in [5.74, 6) is -0.372. The zero-order valence-electron chi connectivity index (χ0n) is 15.2. The number of carbonyl (C=O) groups excluding carboxylic acids is 1. The first-order valence-corrected chi connectivity index (χ1v) is 10.4. The summed E-state index contributed by atoms with van der Waals surface area (Å²) in [6.45, 7) is 2.17. The fourth-order valence-corrected chi connectivity index (χ4v) is 4.58. The molecule has 28 heavy (non-hydrogen) atoms. The van der Waals surface area contributed by atoms with E-state index in [1.165, 1.54) is 22.7 Å². The van der Waals surface area contributed by atoms with Crippen molar-refractivity contribution in [2.75, 3.05) is 13.1 Å². The van der Waals surface area contributed by atoms with E-state index >= 15 is 0 Å². The lowest BCUT2D eigenvalue weighted by atomic mass is 10.0. The van der Waals surface area contributed by atoms with Crippen molar-refractivity contribution in [3.8, 4) is 0 Å². The maximum atomic E-state index is 12.5. The van der Waals surface area contributed by atoms with Crippen LogP contribution < -0.4 is 10.0 Å². The predicted octanol–water partition coefficient (Wildman–Crippen LogP) is 3.56. The van der Waals surface area contributed by atoms with Gasteiger partial charge in [-0.15, -0.1) is 11.3 Å². The summed E-state index contributed by atoms with van der Waals surface area (Å²) in [4.78, 5) is 16.3. The molecule has 0 saturated heterocycles. The van der Waals surface area contributed by atoms with Gasteiger partial charge in [-0.1, -0.05) is 23.7 Å². The molecule has 1 aliphatic rings. The van der Waals surface area contributed by atoms with E-state index in [-0.39, 0.29) is 17.6 Å². The van der Waals surface area contributed by atoms with Gasteiger partial charge in [-0.25, -0.2) is 0 Å². The number of fused-ring (bicyclic) bond motifs is 1. The van der Waals surface area contributed by atoms with E-state index in [0.29, 0.717) is 16.3 Å². The highest BCUT2D eigenvalue weighted by molar-refractivity contribution is 7.10. The zero-order chi connectivity index (χ0) is 19.5. The van der Waals surface area contributed by atoms with Crippen molar-refractivity contribution in [3.05, 3.63) is 92.0 Å². The zero-order valence-corrected chi connectivity index (χ0v) is 16.7. The first kappa shape index (κ1) is 18.9. The van der Waals surface area contributed by atoms with Gasteiger partial charge in [-0.2, -0.15) is 4.73 Å². The predicted molar refractivity (Wildman–Crippen MR) is 110 cm³/mol. The molecule has 4 rings (SSSR count). The van der Waals surface area contributed by atoms with Crippen molar-refractivity contribution in [1.29, 1.82) is 0 Å². The SMILES string of the molecule is O=C(NCC(c1ccc(Cl)cc1)N1CCc2sccc2C1)c1cccc[n+]1[O-]. The van der Waals surface area contributed by atoms with Crippen molar-refractivity contribution < 1.29 is 9.52 Å². The molecule has 1 amide bonds. The molecule has 3 aromatic rings. The quantitative estimate of drug-likeness (QED) is 0.514. The Labute approximate surface area is 172 Å². The van der Waals surface area contributed by atoms with Gasteiger partial charge in [0.2, 0.25) is 0 Å². The molecule has 1 atom stereocenters. The average Bonchev–Trinajstić information content (AvgIpc) is 3.17. The molecule has 0 fully saturated rings. The second-order valence-electron chi connectivity index (χ2n) is 6.78. The Morgan fingerprint density at radius 3 is 2.86 bits per heavy atom. The lowest BCUT2D eigenvalue weighted by Crippen LogP contribution is -2.43. The average molecular weight is 414 g/mol. The second-order valence-corrected chi connectivity index (χ2v) is 8.22. The largest absolute Gasteiger partial charge is 0.618 e. The summed E-state index contributed by atoms with van der Waals surface area (Å²) in [5, 5.41) is 17.6. The third-order valence-corrected chi connectivity index (χ3v) is 6.32. The molecule has 0 spiro atoms. The Bertz CT molecular complexity index is 974. The topological polar surface area (TPSA) is 59.3 Å². The van der Waals surface area contributed by atoms with Gasteiger partial charge in [0, 0.05) is 41.7 Å². The molecule has 1 aromatic carbocycles. The van der Waals surface area contributed by atoms with E-state index in [2.05, 4.69) is 21.7 Å². The van der Waals surface area contributed by atoms with Crippen LogP contribution in [0.2, 0.25) is 5.02 Å². The maximum Gasteiger partial charge on any atom is 0.317 e. The molecule has 0 saturated carbocycles. The van der Waals surface area contributed by atoms with Gasteiger partial charge >= 0.3 is 5.91 Å². The third kappa shape index (κ3) is 4.04. The number of nitrogens with one attached hydrogen (secondary N) is 1. The maximum absolute atomic E-state index is 12.5. The number of benzene rings is 1. The fraction of sp³-hybridized carbons (Fsp3) is 0.238. The van der Waals surface area contributed by atoms with Crippen LogP contribution in [-0.2, 0) is 13.0 Å². The summed E-state index contributed by atoms with van der Waals surface area (Å²) in [6, 6.07) is 14.7.